The first kappa shape index (κ1) is 23.0. The molecule has 8 heteroatoms. The van der Waals surface area contributed by atoms with E-state index in [-0.39, 0.29) is 17.2 Å². The van der Waals surface area contributed by atoms with Crippen molar-refractivity contribution in [2.75, 3.05) is 13.7 Å². The Kier molecular flexibility index (Phi) is 7.46. The van der Waals surface area contributed by atoms with Crippen molar-refractivity contribution in [1.29, 1.82) is 0 Å². The summed E-state index contributed by atoms with van der Waals surface area (Å²) in [7, 11) is -2.27. The number of ether oxygens (including phenoxy) is 1. The lowest BCUT2D eigenvalue weighted by Gasteiger charge is -2.28. The number of methoxy groups -OCH3 is 1. The number of aliphatic carboxylic acids is 1. The van der Waals surface area contributed by atoms with Crippen LogP contribution >= 0.6 is 0 Å². The molecule has 1 aliphatic rings. The van der Waals surface area contributed by atoms with Crippen molar-refractivity contribution in [2.24, 2.45) is 5.92 Å². The first-order valence-corrected chi connectivity index (χ1v) is 11.5. The maximum Gasteiger partial charge on any atom is 0.303 e. The summed E-state index contributed by atoms with van der Waals surface area (Å²) >= 11 is 0. The number of benzene rings is 2. The van der Waals surface area contributed by atoms with E-state index in [1.54, 1.807) is 13.2 Å². The topological polar surface area (TPSA) is 83.9 Å². The van der Waals surface area contributed by atoms with Gasteiger partial charge in [0.25, 0.3) is 0 Å². The first-order valence-electron chi connectivity index (χ1n) is 10.1. The molecule has 2 aromatic rings. The SMILES string of the molecule is COc1cccc([C@@H]2[C@H](C/C=C\CCC(=O)O)CCN2S(=O)(=O)c2ccc(F)cc2)c1. The molecule has 3 rings (SSSR count). The number of carboxylic acids is 1. The highest BCUT2D eigenvalue weighted by atomic mass is 32.2. The van der Waals surface area contributed by atoms with Gasteiger partial charge in [0.05, 0.1) is 18.0 Å². The van der Waals surface area contributed by atoms with Crippen molar-refractivity contribution < 1.29 is 27.4 Å². The van der Waals surface area contributed by atoms with Crippen molar-refractivity contribution in [3.63, 3.8) is 0 Å². The Morgan fingerprint density at radius 1 is 1.23 bits per heavy atom. The largest absolute Gasteiger partial charge is 0.497 e. The minimum Gasteiger partial charge on any atom is -0.497 e. The minimum absolute atomic E-state index is 0.0170. The third kappa shape index (κ3) is 5.51. The highest BCUT2D eigenvalue weighted by Crippen LogP contribution is 2.43. The number of rotatable bonds is 9. The molecule has 6 nitrogen and oxygen atoms in total. The summed E-state index contributed by atoms with van der Waals surface area (Å²) in [5, 5.41) is 8.77. The summed E-state index contributed by atoms with van der Waals surface area (Å²) in [4.78, 5) is 10.7. The van der Waals surface area contributed by atoms with Gasteiger partial charge in [-0.05, 0) is 67.1 Å². The highest BCUT2D eigenvalue weighted by Gasteiger charge is 2.42. The van der Waals surface area contributed by atoms with Gasteiger partial charge in [-0.2, -0.15) is 4.31 Å². The van der Waals surface area contributed by atoms with Gasteiger partial charge in [-0.3, -0.25) is 4.79 Å². The van der Waals surface area contributed by atoms with Gasteiger partial charge in [-0.25, -0.2) is 12.8 Å². The van der Waals surface area contributed by atoms with E-state index in [0.29, 0.717) is 31.6 Å². The molecule has 2 atom stereocenters. The fraction of sp³-hybridized carbons (Fsp3) is 0.348. The van der Waals surface area contributed by atoms with Gasteiger partial charge in [0.1, 0.15) is 11.6 Å². The van der Waals surface area contributed by atoms with Crippen LogP contribution in [0.15, 0.2) is 65.6 Å². The molecule has 0 unspecified atom stereocenters. The van der Waals surface area contributed by atoms with Crippen LogP contribution in [0.2, 0.25) is 0 Å². The van der Waals surface area contributed by atoms with Gasteiger partial charge in [0.15, 0.2) is 0 Å². The van der Waals surface area contributed by atoms with Crippen LogP contribution in [0.4, 0.5) is 4.39 Å². The van der Waals surface area contributed by atoms with Crippen molar-refractivity contribution in [2.45, 2.75) is 36.6 Å². The van der Waals surface area contributed by atoms with Gasteiger partial charge >= 0.3 is 5.97 Å². The van der Waals surface area contributed by atoms with E-state index in [2.05, 4.69) is 0 Å². The number of carbonyl (C=O) groups is 1. The van der Waals surface area contributed by atoms with E-state index >= 15 is 0 Å². The van der Waals surface area contributed by atoms with Gasteiger partial charge < -0.3 is 9.84 Å². The lowest BCUT2D eigenvalue weighted by Crippen LogP contribution is -2.32. The van der Waals surface area contributed by atoms with E-state index in [0.717, 1.165) is 17.7 Å². The van der Waals surface area contributed by atoms with Crippen LogP contribution in [0.5, 0.6) is 5.75 Å². The molecule has 0 saturated carbocycles. The smallest absolute Gasteiger partial charge is 0.303 e. The summed E-state index contributed by atoms with van der Waals surface area (Å²) in [6.07, 6.45) is 5.53. The lowest BCUT2D eigenvalue weighted by atomic mass is 9.91. The molecule has 0 aliphatic carbocycles. The molecule has 2 aromatic carbocycles. The van der Waals surface area contributed by atoms with Gasteiger partial charge in [-0.1, -0.05) is 24.3 Å². The molecular weight excluding hydrogens is 421 g/mol. The number of hydrogen-bond acceptors (Lipinski definition) is 4. The Hall–Kier alpha value is -2.71. The summed E-state index contributed by atoms with van der Waals surface area (Å²) < 4.78 is 46.9. The van der Waals surface area contributed by atoms with Crippen molar-refractivity contribution in [3.05, 3.63) is 72.1 Å². The summed E-state index contributed by atoms with van der Waals surface area (Å²) in [5.74, 6) is -0.687. The normalized spacial score (nSPS) is 19.7. The number of halogens is 1. The Labute approximate surface area is 182 Å². The maximum absolute atomic E-state index is 13.4. The molecule has 0 bridgehead atoms. The lowest BCUT2D eigenvalue weighted by molar-refractivity contribution is -0.136. The minimum atomic E-state index is -3.83. The highest BCUT2D eigenvalue weighted by molar-refractivity contribution is 7.89. The van der Waals surface area contributed by atoms with Crippen LogP contribution < -0.4 is 4.74 Å². The van der Waals surface area contributed by atoms with E-state index < -0.39 is 27.9 Å². The number of hydrogen-bond donors (Lipinski definition) is 1. The molecule has 0 radical (unpaired) electrons. The van der Waals surface area contributed by atoms with Crippen LogP contribution in [0, 0.1) is 11.7 Å². The van der Waals surface area contributed by atoms with E-state index in [4.69, 9.17) is 9.84 Å². The fourth-order valence-corrected chi connectivity index (χ4v) is 5.63. The predicted octanol–water partition coefficient (Wildman–Crippen LogP) is 4.40. The van der Waals surface area contributed by atoms with Crippen LogP contribution in [-0.4, -0.2) is 37.5 Å². The Bertz CT molecular complexity index is 1040. The number of sulfonamides is 1. The molecule has 1 fully saturated rings. The second-order valence-electron chi connectivity index (χ2n) is 7.48. The summed E-state index contributed by atoms with van der Waals surface area (Å²) in [6, 6.07) is 11.8. The third-order valence-corrected chi connectivity index (χ3v) is 7.36. The van der Waals surface area contributed by atoms with Crippen molar-refractivity contribution in [3.8, 4) is 5.75 Å². The second-order valence-corrected chi connectivity index (χ2v) is 9.37. The van der Waals surface area contributed by atoms with Crippen molar-refractivity contribution in [1.82, 2.24) is 4.31 Å². The molecule has 0 aromatic heterocycles. The standard InChI is InChI=1S/C23H26FNO5S/c1-30-20-8-5-7-18(16-20)23-17(6-3-2-4-9-22(26)27)14-15-25(23)31(28,29)21-12-10-19(24)11-13-21/h2-3,5,7-8,10-13,16-17,23H,4,6,9,14-15H2,1H3,(H,26,27)/b3-2-/t17-,23+/m1/s1. The molecule has 166 valence electrons. The van der Waals surface area contributed by atoms with E-state index in [1.807, 2.05) is 30.4 Å². The molecule has 31 heavy (non-hydrogen) atoms. The maximum atomic E-state index is 13.4. The number of nitrogens with zero attached hydrogens (tertiary/aromatic N) is 1. The fourth-order valence-electron chi connectivity index (χ4n) is 3.94. The van der Waals surface area contributed by atoms with Gasteiger partial charge in [0.2, 0.25) is 10.0 Å². The molecular formula is C23H26FNO5S. The number of allylic oxidation sites excluding steroid dienone is 2. The zero-order valence-electron chi connectivity index (χ0n) is 17.3. The van der Waals surface area contributed by atoms with E-state index in [1.165, 1.54) is 16.4 Å². The zero-order valence-corrected chi connectivity index (χ0v) is 18.1. The zero-order chi connectivity index (χ0) is 22.4. The quantitative estimate of drug-likeness (QED) is 0.576. The summed E-state index contributed by atoms with van der Waals surface area (Å²) in [6.45, 7) is 0.342. The predicted molar refractivity (Wildman–Crippen MR) is 115 cm³/mol. The van der Waals surface area contributed by atoms with Gasteiger partial charge in [0, 0.05) is 13.0 Å². The van der Waals surface area contributed by atoms with Crippen LogP contribution in [0.25, 0.3) is 0 Å². The van der Waals surface area contributed by atoms with Gasteiger partial charge in [-0.15, -0.1) is 0 Å². The molecule has 1 saturated heterocycles. The van der Waals surface area contributed by atoms with Crippen LogP contribution in [-0.2, 0) is 14.8 Å². The second kappa shape index (κ2) is 10.1. The average Bonchev–Trinajstić information content (AvgIpc) is 3.18. The Morgan fingerprint density at radius 2 is 1.97 bits per heavy atom. The monoisotopic (exact) mass is 447 g/mol. The molecule has 1 heterocycles. The molecule has 0 spiro atoms. The third-order valence-electron chi connectivity index (χ3n) is 5.46. The Morgan fingerprint density at radius 3 is 2.65 bits per heavy atom. The molecule has 0 amide bonds. The molecule has 1 aliphatic heterocycles. The van der Waals surface area contributed by atoms with E-state index in [9.17, 15) is 17.6 Å². The number of carboxylic acid groups (broad SMARTS) is 1. The molecule has 1 N–H and O–H groups in total. The Balaban J connectivity index is 1.90. The van der Waals surface area contributed by atoms with Crippen LogP contribution in [0.1, 0.15) is 37.3 Å². The van der Waals surface area contributed by atoms with Crippen molar-refractivity contribution >= 4 is 16.0 Å². The average molecular weight is 448 g/mol. The van der Waals surface area contributed by atoms with Crippen LogP contribution in [0.3, 0.4) is 0 Å². The first-order chi connectivity index (χ1) is 14.8. The summed E-state index contributed by atoms with van der Waals surface area (Å²) in [5.41, 5.74) is 0.825.